The predicted molar refractivity (Wildman–Crippen MR) is 253 cm³/mol. The van der Waals surface area contributed by atoms with Crippen molar-refractivity contribution in [3.8, 4) is 33.4 Å². The SMILES string of the molecule is C1=C(N(c2ccc3c(c2)C(c2ccccc2)(c2ccccc2)c2ccccc2-3)c2cc(-c3ccc4ccccc4c3)ccc2-c2ccccc2)CCc2oc3ccccc3c21. The van der Waals surface area contributed by atoms with Crippen molar-refractivity contribution in [2.75, 3.05) is 4.90 Å². The smallest absolute Gasteiger partial charge is 0.134 e. The van der Waals surface area contributed by atoms with Gasteiger partial charge in [-0.25, -0.2) is 0 Å². The number of aryl methyl sites for hydroxylation is 1. The number of furan rings is 1. The van der Waals surface area contributed by atoms with Crippen molar-refractivity contribution < 1.29 is 4.42 Å². The number of benzene rings is 9. The Morgan fingerprint density at radius 1 is 0.426 bits per heavy atom. The monoisotopic (exact) mass is 779 g/mol. The molecule has 0 unspecified atom stereocenters. The molecule has 61 heavy (non-hydrogen) atoms. The summed E-state index contributed by atoms with van der Waals surface area (Å²) in [5, 5.41) is 3.62. The molecule has 0 N–H and O–H groups in total. The normalized spacial score (nSPS) is 13.7. The number of para-hydroxylation sites is 1. The van der Waals surface area contributed by atoms with Crippen molar-refractivity contribution in [3.05, 3.63) is 258 Å². The third-order valence-corrected chi connectivity index (χ3v) is 13.0. The van der Waals surface area contributed by atoms with Gasteiger partial charge in [0.05, 0.1) is 11.1 Å². The molecule has 1 aromatic heterocycles. The lowest BCUT2D eigenvalue weighted by molar-refractivity contribution is 0.542. The molecule has 2 aliphatic carbocycles. The average Bonchev–Trinajstić information content (AvgIpc) is 3.85. The van der Waals surface area contributed by atoms with E-state index in [1.807, 2.05) is 0 Å². The summed E-state index contributed by atoms with van der Waals surface area (Å²) in [6.45, 7) is 0. The van der Waals surface area contributed by atoms with Crippen LogP contribution in [0.2, 0.25) is 0 Å². The van der Waals surface area contributed by atoms with E-state index >= 15 is 0 Å². The number of hydrogen-bond donors (Lipinski definition) is 0. The number of hydrogen-bond acceptors (Lipinski definition) is 2. The van der Waals surface area contributed by atoms with Crippen molar-refractivity contribution >= 4 is 39.2 Å². The second-order valence-corrected chi connectivity index (χ2v) is 16.3. The lowest BCUT2D eigenvalue weighted by Crippen LogP contribution is -2.29. The van der Waals surface area contributed by atoms with E-state index in [0.29, 0.717) is 0 Å². The predicted octanol–water partition coefficient (Wildman–Crippen LogP) is 15.4. The summed E-state index contributed by atoms with van der Waals surface area (Å²) in [6.07, 6.45) is 4.03. The van der Waals surface area contributed by atoms with E-state index in [0.717, 1.165) is 40.9 Å². The van der Waals surface area contributed by atoms with Crippen molar-refractivity contribution in [3.63, 3.8) is 0 Å². The highest BCUT2D eigenvalue weighted by molar-refractivity contribution is 5.96. The van der Waals surface area contributed by atoms with E-state index < -0.39 is 5.41 Å². The zero-order valence-electron chi connectivity index (χ0n) is 33.6. The van der Waals surface area contributed by atoms with Crippen LogP contribution in [0.15, 0.2) is 229 Å². The molecule has 288 valence electrons. The molecule has 0 aliphatic heterocycles. The number of allylic oxidation sites excluding steroid dienone is 1. The summed E-state index contributed by atoms with van der Waals surface area (Å²) in [5.41, 5.74) is 17.4. The fourth-order valence-electron chi connectivity index (χ4n) is 10.3. The van der Waals surface area contributed by atoms with Crippen molar-refractivity contribution in [1.82, 2.24) is 0 Å². The van der Waals surface area contributed by atoms with Gasteiger partial charge in [-0.2, -0.15) is 0 Å². The Bertz CT molecular complexity index is 3260. The van der Waals surface area contributed by atoms with E-state index in [9.17, 15) is 0 Å². The number of anilines is 2. The van der Waals surface area contributed by atoms with Crippen LogP contribution in [-0.2, 0) is 11.8 Å². The van der Waals surface area contributed by atoms with Gasteiger partial charge in [0.1, 0.15) is 11.3 Å². The van der Waals surface area contributed by atoms with E-state index in [-0.39, 0.29) is 0 Å². The molecule has 10 aromatic rings. The molecule has 2 heteroatoms. The topological polar surface area (TPSA) is 16.4 Å². The summed E-state index contributed by atoms with van der Waals surface area (Å²) in [7, 11) is 0. The Morgan fingerprint density at radius 3 is 1.85 bits per heavy atom. The largest absolute Gasteiger partial charge is 0.460 e. The standard InChI is InChI=1S/C59H41NO/c1-4-17-41(18-5-1)49-33-30-44(43-29-28-40-16-10-11-19-42(40)36-43)37-56(49)60(47-32-35-58-53(38-47)52-25-13-15-27-57(52)61-58)48-31-34-51-50-24-12-14-26-54(50)59(55(51)39-48,45-20-6-2-7-21-45)46-22-8-3-9-23-46/h1-31,33-34,36-39H,32,35H2. The molecule has 0 atom stereocenters. The molecular formula is C59H41NO. The number of nitrogens with zero attached hydrogens (tertiary/aromatic N) is 1. The fourth-order valence-corrected chi connectivity index (χ4v) is 10.3. The quantitative estimate of drug-likeness (QED) is 0.160. The highest BCUT2D eigenvalue weighted by Crippen LogP contribution is 2.57. The molecule has 2 nitrogen and oxygen atoms in total. The minimum absolute atomic E-state index is 0.528. The summed E-state index contributed by atoms with van der Waals surface area (Å²) >= 11 is 0. The molecule has 9 aromatic carbocycles. The summed E-state index contributed by atoms with van der Waals surface area (Å²) in [5.74, 6) is 1.05. The maximum Gasteiger partial charge on any atom is 0.134 e. The van der Waals surface area contributed by atoms with Gasteiger partial charge in [-0.3, -0.25) is 0 Å². The van der Waals surface area contributed by atoms with Gasteiger partial charge >= 0.3 is 0 Å². The molecular weight excluding hydrogens is 739 g/mol. The maximum absolute atomic E-state index is 6.49. The molecule has 0 fully saturated rings. The third-order valence-electron chi connectivity index (χ3n) is 13.0. The first-order valence-corrected chi connectivity index (χ1v) is 21.3. The minimum Gasteiger partial charge on any atom is -0.460 e. The van der Waals surface area contributed by atoms with Crippen LogP contribution < -0.4 is 4.90 Å². The Labute approximate surface area is 356 Å². The van der Waals surface area contributed by atoms with Crippen LogP contribution in [0.3, 0.4) is 0 Å². The fraction of sp³-hybridized carbons (Fsp3) is 0.0508. The summed E-state index contributed by atoms with van der Waals surface area (Å²) in [4.78, 5) is 2.56. The van der Waals surface area contributed by atoms with Crippen LogP contribution in [0.1, 0.15) is 40.0 Å². The minimum atomic E-state index is -0.528. The average molecular weight is 780 g/mol. The van der Waals surface area contributed by atoms with E-state index in [4.69, 9.17) is 4.42 Å². The molecule has 2 aliphatic rings. The lowest BCUT2D eigenvalue weighted by Gasteiger charge is -2.36. The lowest BCUT2D eigenvalue weighted by atomic mass is 9.67. The maximum atomic E-state index is 6.49. The molecule has 0 radical (unpaired) electrons. The van der Waals surface area contributed by atoms with Gasteiger partial charge < -0.3 is 9.32 Å². The molecule has 0 saturated heterocycles. The Kier molecular flexibility index (Phi) is 8.24. The van der Waals surface area contributed by atoms with E-state index in [1.165, 1.54) is 77.7 Å². The van der Waals surface area contributed by atoms with Gasteiger partial charge in [-0.1, -0.05) is 188 Å². The highest BCUT2D eigenvalue weighted by atomic mass is 16.3. The van der Waals surface area contributed by atoms with E-state index in [2.05, 4.69) is 229 Å². The second kappa shape index (κ2) is 14.3. The number of fused-ring (bicyclic) bond motifs is 7. The third kappa shape index (κ3) is 5.64. The van der Waals surface area contributed by atoms with Crippen molar-refractivity contribution in [2.45, 2.75) is 18.3 Å². The van der Waals surface area contributed by atoms with Gasteiger partial charge in [-0.05, 0) is 104 Å². The molecule has 0 bridgehead atoms. The van der Waals surface area contributed by atoms with Gasteiger partial charge in [-0.15, -0.1) is 0 Å². The first kappa shape index (κ1) is 35.3. The van der Waals surface area contributed by atoms with Crippen molar-refractivity contribution in [2.24, 2.45) is 0 Å². The van der Waals surface area contributed by atoms with Crippen molar-refractivity contribution in [1.29, 1.82) is 0 Å². The van der Waals surface area contributed by atoms with Gasteiger partial charge in [0.25, 0.3) is 0 Å². The Hall–Kier alpha value is -7.68. The van der Waals surface area contributed by atoms with E-state index in [1.54, 1.807) is 0 Å². The van der Waals surface area contributed by atoms with Gasteiger partial charge in [0.15, 0.2) is 0 Å². The Balaban J connectivity index is 1.15. The zero-order valence-corrected chi connectivity index (χ0v) is 33.6. The second-order valence-electron chi connectivity index (χ2n) is 16.3. The van der Waals surface area contributed by atoms with Crippen LogP contribution in [0.4, 0.5) is 11.4 Å². The Morgan fingerprint density at radius 2 is 1.05 bits per heavy atom. The summed E-state index contributed by atoms with van der Waals surface area (Å²) < 4.78 is 6.49. The molecule has 0 amide bonds. The first-order chi connectivity index (χ1) is 30.2. The first-order valence-electron chi connectivity index (χ1n) is 21.3. The van der Waals surface area contributed by atoms with Gasteiger partial charge in [0, 0.05) is 34.3 Å². The number of rotatable bonds is 7. The molecule has 0 saturated carbocycles. The zero-order chi connectivity index (χ0) is 40.3. The van der Waals surface area contributed by atoms with Crippen LogP contribution in [0.25, 0.3) is 61.2 Å². The molecule has 0 spiro atoms. The van der Waals surface area contributed by atoms with Crippen LogP contribution in [0.5, 0.6) is 0 Å². The molecule has 1 heterocycles. The van der Waals surface area contributed by atoms with Crippen LogP contribution >= 0.6 is 0 Å². The molecule has 12 rings (SSSR count). The summed E-state index contributed by atoms with van der Waals surface area (Å²) in [6, 6.07) is 80.2. The van der Waals surface area contributed by atoms with Crippen LogP contribution in [0, 0.1) is 0 Å². The highest BCUT2D eigenvalue weighted by Gasteiger charge is 2.46. The van der Waals surface area contributed by atoms with Gasteiger partial charge in [0.2, 0.25) is 0 Å². The van der Waals surface area contributed by atoms with Crippen LogP contribution in [-0.4, -0.2) is 0 Å².